The van der Waals surface area contributed by atoms with Crippen molar-refractivity contribution in [3.63, 3.8) is 0 Å². The predicted molar refractivity (Wildman–Crippen MR) is 104 cm³/mol. The monoisotopic (exact) mass is 366 g/mol. The van der Waals surface area contributed by atoms with E-state index in [9.17, 15) is 14.9 Å². The van der Waals surface area contributed by atoms with E-state index in [0.717, 1.165) is 30.9 Å². The van der Waals surface area contributed by atoms with Crippen molar-refractivity contribution >= 4 is 17.5 Å². The molecule has 0 aliphatic carbocycles. The van der Waals surface area contributed by atoms with Crippen LogP contribution in [0.25, 0.3) is 6.08 Å². The third-order valence-electron chi connectivity index (χ3n) is 4.67. The lowest BCUT2D eigenvalue weighted by atomic mass is 10.0. The molecule has 0 radical (unpaired) electrons. The quantitative estimate of drug-likeness (QED) is 0.319. The molecule has 6 heteroatoms. The number of rotatable bonds is 7. The standard InChI is InChI=1S/C21H22N2O4/c1-27-21-10-8-17(14-18(21)15-22-11-2-3-12-22)20(24)9-7-16-5-4-6-19(13-16)23(25)26/h4-10,13-14H,2-3,11-12,15H2,1H3/b9-7+. The number of carbonyl (C=O) groups is 1. The van der Waals surface area contributed by atoms with E-state index in [0.29, 0.717) is 11.1 Å². The molecule has 0 amide bonds. The summed E-state index contributed by atoms with van der Waals surface area (Å²) in [4.78, 5) is 25.3. The average Bonchev–Trinajstić information content (AvgIpc) is 3.19. The number of nitro groups is 1. The molecule has 1 fully saturated rings. The number of methoxy groups -OCH3 is 1. The topological polar surface area (TPSA) is 72.7 Å². The second-order valence-corrected chi connectivity index (χ2v) is 6.56. The van der Waals surface area contributed by atoms with Crippen LogP contribution in [-0.2, 0) is 6.54 Å². The summed E-state index contributed by atoms with van der Waals surface area (Å²) in [7, 11) is 1.63. The number of benzene rings is 2. The number of hydrogen-bond donors (Lipinski definition) is 0. The molecule has 1 aliphatic rings. The molecule has 0 N–H and O–H groups in total. The number of allylic oxidation sites excluding steroid dienone is 1. The van der Waals surface area contributed by atoms with Gasteiger partial charge in [0.1, 0.15) is 5.75 Å². The Hall–Kier alpha value is -2.99. The van der Waals surface area contributed by atoms with Gasteiger partial charge in [-0.25, -0.2) is 0 Å². The van der Waals surface area contributed by atoms with E-state index in [-0.39, 0.29) is 11.5 Å². The maximum atomic E-state index is 12.6. The number of nitrogens with zero attached hydrogens (tertiary/aromatic N) is 2. The molecule has 0 unspecified atom stereocenters. The molecule has 2 aromatic carbocycles. The van der Waals surface area contributed by atoms with E-state index in [2.05, 4.69) is 4.90 Å². The van der Waals surface area contributed by atoms with Crippen LogP contribution in [0.2, 0.25) is 0 Å². The molecule has 0 spiro atoms. The fourth-order valence-electron chi connectivity index (χ4n) is 3.25. The van der Waals surface area contributed by atoms with Gasteiger partial charge in [0.15, 0.2) is 5.78 Å². The number of likely N-dealkylation sites (tertiary alicyclic amines) is 1. The summed E-state index contributed by atoms with van der Waals surface area (Å²) in [5.41, 5.74) is 2.19. The van der Waals surface area contributed by atoms with Crippen LogP contribution in [0.15, 0.2) is 48.5 Å². The van der Waals surface area contributed by atoms with Gasteiger partial charge in [-0.15, -0.1) is 0 Å². The van der Waals surface area contributed by atoms with Gasteiger partial charge in [0.2, 0.25) is 0 Å². The first kappa shape index (κ1) is 18.8. The highest BCUT2D eigenvalue weighted by Crippen LogP contribution is 2.24. The number of ketones is 1. The summed E-state index contributed by atoms with van der Waals surface area (Å²) in [6, 6.07) is 11.6. The normalized spacial score (nSPS) is 14.6. The van der Waals surface area contributed by atoms with Gasteiger partial charge < -0.3 is 4.74 Å². The van der Waals surface area contributed by atoms with E-state index in [1.807, 2.05) is 12.1 Å². The molecule has 1 aliphatic heterocycles. The highest BCUT2D eigenvalue weighted by molar-refractivity contribution is 6.07. The first-order valence-corrected chi connectivity index (χ1v) is 8.93. The minimum Gasteiger partial charge on any atom is -0.496 e. The molecule has 0 saturated carbocycles. The Morgan fingerprint density at radius 3 is 2.70 bits per heavy atom. The van der Waals surface area contributed by atoms with E-state index < -0.39 is 4.92 Å². The highest BCUT2D eigenvalue weighted by Gasteiger charge is 2.15. The zero-order chi connectivity index (χ0) is 19.2. The molecule has 0 atom stereocenters. The molecule has 1 heterocycles. The Morgan fingerprint density at radius 1 is 1.22 bits per heavy atom. The molecule has 0 aromatic heterocycles. The van der Waals surface area contributed by atoms with Gasteiger partial charge in [0.25, 0.3) is 5.69 Å². The van der Waals surface area contributed by atoms with Crippen LogP contribution >= 0.6 is 0 Å². The van der Waals surface area contributed by atoms with E-state index in [1.165, 1.54) is 31.1 Å². The van der Waals surface area contributed by atoms with Crippen molar-refractivity contribution < 1.29 is 14.5 Å². The molecular weight excluding hydrogens is 344 g/mol. The summed E-state index contributed by atoms with van der Waals surface area (Å²) in [6.07, 6.45) is 5.44. The van der Waals surface area contributed by atoms with Crippen molar-refractivity contribution in [2.24, 2.45) is 0 Å². The largest absolute Gasteiger partial charge is 0.496 e. The van der Waals surface area contributed by atoms with Crippen LogP contribution in [0.4, 0.5) is 5.69 Å². The number of carbonyl (C=O) groups excluding carboxylic acids is 1. The number of ether oxygens (including phenoxy) is 1. The van der Waals surface area contributed by atoms with Crippen LogP contribution in [-0.4, -0.2) is 35.8 Å². The highest BCUT2D eigenvalue weighted by atomic mass is 16.6. The minimum absolute atomic E-state index is 0.00180. The smallest absolute Gasteiger partial charge is 0.270 e. The minimum atomic E-state index is -0.451. The van der Waals surface area contributed by atoms with E-state index >= 15 is 0 Å². The van der Waals surface area contributed by atoms with Crippen LogP contribution in [0.3, 0.4) is 0 Å². The van der Waals surface area contributed by atoms with Crippen molar-refractivity contribution in [1.29, 1.82) is 0 Å². The zero-order valence-corrected chi connectivity index (χ0v) is 15.3. The van der Waals surface area contributed by atoms with Gasteiger partial charge in [0, 0.05) is 29.8 Å². The predicted octanol–water partition coefficient (Wildman–Crippen LogP) is 4.10. The summed E-state index contributed by atoms with van der Waals surface area (Å²) < 4.78 is 5.44. The maximum Gasteiger partial charge on any atom is 0.270 e. The molecule has 6 nitrogen and oxygen atoms in total. The van der Waals surface area contributed by atoms with Crippen molar-refractivity contribution in [3.05, 3.63) is 75.3 Å². The lowest BCUT2D eigenvalue weighted by Gasteiger charge is -2.17. The third-order valence-corrected chi connectivity index (χ3v) is 4.67. The Bertz CT molecular complexity index is 870. The van der Waals surface area contributed by atoms with Crippen molar-refractivity contribution in [1.82, 2.24) is 4.90 Å². The first-order valence-electron chi connectivity index (χ1n) is 8.93. The lowest BCUT2D eigenvalue weighted by molar-refractivity contribution is -0.384. The molecule has 2 aromatic rings. The maximum absolute atomic E-state index is 12.6. The molecule has 27 heavy (non-hydrogen) atoms. The van der Waals surface area contributed by atoms with Crippen molar-refractivity contribution in [2.45, 2.75) is 19.4 Å². The number of hydrogen-bond acceptors (Lipinski definition) is 5. The molecule has 1 saturated heterocycles. The second kappa shape index (κ2) is 8.60. The van der Waals surface area contributed by atoms with E-state index in [1.54, 1.807) is 31.4 Å². The summed E-state index contributed by atoms with van der Waals surface area (Å²) >= 11 is 0. The molecular formula is C21H22N2O4. The van der Waals surface area contributed by atoms with Crippen LogP contribution in [0, 0.1) is 10.1 Å². The number of non-ortho nitro benzene ring substituents is 1. The lowest BCUT2D eigenvalue weighted by Crippen LogP contribution is -2.19. The van der Waals surface area contributed by atoms with Gasteiger partial charge in [-0.3, -0.25) is 19.8 Å². The SMILES string of the molecule is COc1ccc(C(=O)/C=C/c2cccc([N+](=O)[O-])c2)cc1CN1CCCC1. The second-order valence-electron chi connectivity index (χ2n) is 6.56. The average molecular weight is 366 g/mol. The van der Waals surface area contributed by atoms with Gasteiger partial charge in [-0.2, -0.15) is 0 Å². The molecule has 140 valence electrons. The van der Waals surface area contributed by atoms with Crippen molar-refractivity contribution in [2.75, 3.05) is 20.2 Å². The van der Waals surface area contributed by atoms with Crippen LogP contribution in [0.5, 0.6) is 5.75 Å². The van der Waals surface area contributed by atoms with Crippen LogP contribution < -0.4 is 4.74 Å². The van der Waals surface area contributed by atoms with E-state index in [4.69, 9.17) is 4.74 Å². The summed E-state index contributed by atoms with van der Waals surface area (Å²) in [6.45, 7) is 2.89. The fourth-order valence-corrected chi connectivity index (χ4v) is 3.25. The van der Waals surface area contributed by atoms with Gasteiger partial charge >= 0.3 is 0 Å². The Kier molecular flexibility index (Phi) is 5.98. The number of nitro benzene ring substituents is 1. The fraction of sp³-hybridized carbons (Fsp3) is 0.286. The molecule has 3 rings (SSSR count). The van der Waals surface area contributed by atoms with Crippen molar-refractivity contribution in [3.8, 4) is 5.75 Å². The summed E-state index contributed by atoms with van der Waals surface area (Å²) in [5.74, 6) is 0.632. The van der Waals surface area contributed by atoms with Crippen LogP contribution in [0.1, 0.15) is 34.3 Å². The van der Waals surface area contributed by atoms with Gasteiger partial charge in [-0.05, 0) is 55.8 Å². The van der Waals surface area contributed by atoms with Gasteiger partial charge in [-0.1, -0.05) is 18.2 Å². The Balaban J connectivity index is 1.77. The Morgan fingerprint density at radius 2 is 2.00 bits per heavy atom. The Labute approximate surface area is 158 Å². The third kappa shape index (κ3) is 4.80. The molecule has 0 bridgehead atoms. The first-order chi connectivity index (χ1) is 13.1. The van der Waals surface area contributed by atoms with Gasteiger partial charge in [0.05, 0.1) is 12.0 Å². The zero-order valence-electron chi connectivity index (χ0n) is 15.3. The summed E-state index contributed by atoms with van der Waals surface area (Å²) in [5, 5.41) is 10.9.